The summed E-state index contributed by atoms with van der Waals surface area (Å²) in [6.07, 6.45) is 0. The molecule has 4 aromatic rings. The molecule has 0 fully saturated rings. The molecule has 2 aromatic carbocycles. The first kappa shape index (κ1) is 16.3. The molecule has 0 spiro atoms. The van der Waals surface area contributed by atoms with Gasteiger partial charge in [0.15, 0.2) is 5.82 Å². The van der Waals surface area contributed by atoms with Crippen LogP contribution in [0.25, 0.3) is 17.2 Å². The Morgan fingerprint density at radius 2 is 1.69 bits per heavy atom. The maximum atomic E-state index is 4.69. The van der Waals surface area contributed by atoms with Crippen LogP contribution in [0.1, 0.15) is 22.4 Å². The van der Waals surface area contributed by atoms with Crippen LogP contribution in [0.4, 0.5) is 11.5 Å². The first-order valence-electron chi connectivity index (χ1n) is 8.66. The van der Waals surface area contributed by atoms with E-state index in [1.54, 1.807) is 4.52 Å². The molecule has 0 aliphatic carbocycles. The molecule has 0 radical (unpaired) electrons. The van der Waals surface area contributed by atoms with Crippen LogP contribution in [0.15, 0.2) is 48.5 Å². The highest BCUT2D eigenvalue weighted by molar-refractivity contribution is 5.65. The molecule has 1 N–H and O–H groups in total. The van der Waals surface area contributed by atoms with Gasteiger partial charge in [-0.3, -0.25) is 0 Å². The highest BCUT2D eigenvalue weighted by Crippen LogP contribution is 2.25. The van der Waals surface area contributed by atoms with E-state index in [0.29, 0.717) is 11.6 Å². The largest absolute Gasteiger partial charge is 0.340 e. The van der Waals surface area contributed by atoms with E-state index in [1.165, 1.54) is 16.7 Å². The van der Waals surface area contributed by atoms with Gasteiger partial charge in [-0.2, -0.15) is 9.50 Å². The van der Waals surface area contributed by atoms with Crippen LogP contribution in [-0.4, -0.2) is 19.6 Å². The van der Waals surface area contributed by atoms with E-state index in [1.807, 2.05) is 25.1 Å². The Morgan fingerprint density at radius 3 is 2.50 bits per heavy atom. The Hall–Kier alpha value is -3.21. The predicted molar refractivity (Wildman–Crippen MR) is 105 cm³/mol. The zero-order valence-electron chi connectivity index (χ0n) is 15.4. The van der Waals surface area contributed by atoms with Crippen LogP contribution in [0.3, 0.4) is 0 Å². The Balaban J connectivity index is 1.83. The molecule has 2 aromatic heterocycles. The van der Waals surface area contributed by atoms with Crippen LogP contribution in [-0.2, 0) is 0 Å². The van der Waals surface area contributed by atoms with Crippen LogP contribution in [0.2, 0.25) is 0 Å². The van der Waals surface area contributed by atoms with Crippen LogP contribution in [0.5, 0.6) is 0 Å². The average molecular weight is 343 g/mol. The second-order valence-electron chi connectivity index (χ2n) is 6.67. The number of anilines is 2. The molecular weight excluding hydrogens is 322 g/mol. The fraction of sp³-hybridized carbons (Fsp3) is 0.190. The molecule has 0 saturated heterocycles. The standard InChI is InChI=1S/C21H21N5/c1-13-7-5-9-17(11-13)20-24-21-22-15(3)12-19(26(21)25-20)23-18-10-6-8-14(2)16(18)4/h5-12,23H,1-4H3. The molecule has 4 rings (SSSR count). The monoisotopic (exact) mass is 343 g/mol. The van der Waals surface area contributed by atoms with E-state index in [0.717, 1.165) is 22.8 Å². The molecule has 5 nitrogen and oxygen atoms in total. The van der Waals surface area contributed by atoms with Gasteiger partial charge in [0.2, 0.25) is 0 Å². The smallest absolute Gasteiger partial charge is 0.254 e. The Kier molecular flexibility index (Phi) is 3.92. The van der Waals surface area contributed by atoms with Gasteiger partial charge in [-0.1, -0.05) is 35.9 Å². The summed E-state index contributed by atoms with van der Waals surface area (Å²) in [6, 6.07) is 16.4. The van der Waals surface area contributed by atoms with Crippen molar-refractivity contribution in [1.29, 1.82) is 0 Å². The lowest BCUT2D eigenvalue weighted by atomic mass is 10.1. The predicted octanol–water partition coefficient (Wildman–Crippen LogP) is 4.77. The number of aryl methyl sites for hydroxylation is 3. The van der Waals surface area contributed by atoms with Crippen LogP contribution >= 0.6 is 0 Å². The van der Waals surface area contributed by atoms with E-state index >= 15 is 0 Å². The fourth-order valence-corrected chi connectivity index (χ4v) is 3.01. The molecule has 5 heteroatoms. The molecule has 0 unspecified atom stereocenters. The Morgan fingerprint density at radius 1 is 0.885 bits per heavy atom. The number of rotatable bonds is 3. The minimum absolute atomic E-state index is 0.592. The summed E-state index contributed by atoms with van der Waals surface area (Å²) in [6.45, 7) is 8.26. The summed E-state index contributed by atoms with van der Waals surface area (Å²) in [4.78, 5) is 9.16. The van der Waals surface area contributed by atoms with E-state index < -0.39 is 0 Å². The molecule has 130 valence electrons. The lowest BCUT2D eigenvalue weighted by Crippen LogP contribution is -2.04. The zero-order valence-corrected chi connectivity index (χ0v) is 15.4. The SMILES string of the molecule is Cc1cccc(-c2nc3nc(C)cc(Nc4cccc(C)c4C)n3n2)c1. The summed E-state index contributed by atoms with van der Waals surface area (Å²) in [5, 5.41) is 8.19. The number of fused-ring (bicyclic) bond motifs is 1. The minimum Gasteiger partial charge on any atom is -0.340 e. The van der Waals surface area contributed by atoms with Gasteiger partial charge >= 0.3 is 0 Å². The van der Waals surface area contributed by atoms with Gasteiger partial charge in [0, 0.05) is 23.0 Å². The van der Waals surface area contributed by atoms with E-state index in [-0.39, 0.29) is 0 Å². The molecule has 0 aliphatic rings. The van der Waals surface area contributed by atoms with Gasteiger partial charge in [0.05, 0.1) is 0 Å². The molecule has 0 atom stereocenters. The summed E-state index contributed by atoms with van der Waals surface area (Å²) in [7, 11) is 0. The summed E-state index contributed by atoms with van der Waals surface area (Å²) in [5.74, 6) is 2.12. The summed E-state index contributed by atoms with van der Waals surface area (Å²) >= 11 is 0. The quantitative estimate of drug-likeness (QED) is 0.582. The molecule has 26 heavy (non-hydrogen) atoms. The van der Waals surface area contributed by atoms with Crippen molar-refractivity contribution < 1.29 is 0 Å². The fourth-order valence-electron chi connectivity index (χ4n) is 3.01. The van der Waals surface area contributed by atoms with E-state index in [4.69, 9.17) is 5.10 Å². The van der Waals surface area contributed by atoms with Crippen molar-refractivity contribution in [3.05, 3.63) is 70.9 Å². The third-order valence-electron chi connectivity index (χ3n) is 4.58. The molecular formula is C21H21N5. The van der Waals surface area contributed by atoms with Crippen LogP contribution < -0.4 is 5.32 Å². The highest BCUT2D eigenvalue weighted by atomic mass is 15.4. The molecule has 0 aliphatic heterocycles. The Labute approximate surface area is 152 Å². The van der Waals surface area contributed by atoms with Crippen molar-refractivity contribution in [2.24, 2.45) is 0 Å². The van der Waals surface area contributed by atoms with Gasteiger partial charge in [-0.15, -0.1) is 5.10 Å². The average Bonchev–Trinajstić information content (AvgIpc) is 3.03. The normalized spacial score (nSPS) is 11.1. The van der Waals surface area contributed by atoms with Gasteiger partial charge in [-0.05, 0) is 51.0 Å². The topological polar surface area (TPSA) is 55.1 Å². The maximum Gasteiger partial charge on any atom is 0.254 e. The zero-order chi connectivity index (χ0) is 18.3. The first-order valence-corrected chi connectivity index (χ1v) is 8.66. The third kappa shape index (κ3) is 2.92. The van der Waals surface area contributed by atoms with Crippen molar-refractivity contribution >= 4 is 17.3 Å². The van der Waals surface area contributed by atoms with Gasteiger partial charge in [-0.25, -0.2) is 4.98 Å². The molecule has 0 amide bonds. The summed E-state index contributed by atoms with van der Waals surface area (Å²) < 4.78 is 1.77. The van der Waals surface area contributed by atoms with Crippen molar-refractivity contribution in [2.75, 3.05) is 5.32 Å². The third-order valence-corrected chi connectivity index (χ3v) is 4.58. The van der Waals surface area contributed by atoms with Crippen molar-refractivity contribution in [3.63, 3.8) is 0 Å². The number of benzene rings is 2. The number of nitrogens with zero attached hydrogens (tertiary/aromatic N) is 4. The van der Waals surface area contributed by atoms with Gasteiger partial charge < -0.3 is 5.32 Å². The maximum absolute atomic E-state index is 4.69. The van der Waals surface area contributed by atoms with Gasteiger partial charge in [0.25, 0.3) is 5.78 Å². The molecule has 0 saturated carbocycles. The van der Waals surface area contributed by atoms with E-state index in [9.17, 15) is 0 Å². The lowest BCUT2D eigenvalue weighted by molar-refractivity contribution is 0.939. The number of hydrogen-bond donors (Lipinski definition) is 1. The minimum atomic E-state index is 0.592. The lowest BCUT2D eigenvalue weighted by Gasteiger charge is -2.12. The van der Waals surface area contributed by atoms with Crippen molar-refractivity contribution in [2.45, 2.75) is 27.7 Å². The molecule has 2 heterocycles. The first-order chi connectivity index (χ1) is 12.5. The number of hydrogen-bond acceptors (Lipinski definition) is 4. The Bertz CT molecular complexity index is 1110. The molecule has 0 bridgehead atoms. The highest BCUT2D eigenvalue weighted by Gasteiger charge is 2.12. The number of nitrogens with one attached hydrogen (secondary N) is 1. The summed E-state index contributed by atoms with van der Waals surface area (Å²) in [5.41, 5.74) is 6.59. The van der Waals surface area contributed by atoms with Gasteiger partial charge in [0.1, 0.15) is 5.82 Å². The number of aromatic nitrogens is 4. The van der Waals surface area contributed by atoms with Crippen molar-refractivity contribution in [1.82, 2.24) is 19.6 Å². The second-order valence-corrected chi connectivity index (χ2v) is 6.67. The van der Waals surface area contributed by atoms with E-state index in [2.05, 4.69) is 66.4 Å². The van der Waals surface area contributed by atoms with Crippen LogP contribution in [0, 0.1) is 27.7 Å². The second kappa shape index (κ2) is 6.26. The van der Waals surface area contributed by atoms with Crippen molar-refractivity contribution in [3.8, 4) is 11.4 Å².